The molecule has 0 bridgehead atoms. The molecule has 0 radical (unpaired) electrons. The number of aryl methyl sites for hydroxylation is 2. The van der Waals surface area contributed by atoms with E-state index in [0.29, 0.717) is 0 Å². The number of likely N-dealkylation sites (N-methyl/N-ethyl adjacent to an activating group) is 1. The zero-order valence-corrected chi connectivity index (χ0v) is 13.3. The molecule has 1 fully saturated rings. The van der Waals surface area contributed by atoms with Crippen LogP contribution in [0.15, 0.2) is 0 Å². The minimum Gasteiger partial charge on any atom is -0.328 e. The molecule has 0 unspecified atom stereocenters. The maximum absolute atomic E-state index is 5.49. The van der Waals surface area contributed by atoms with Crippen molar-refractivity contribution in [2.45, 2.75) is 45.2 Å². The largest absolute Gasteiger partial charge is 0.328 e. The minimum absolute atomic E-state index is 0.792. The van der Waals surface area contributed by atoms with Gasteiger partial charge in [0.2, 0.25) is 0 Å². The van der Waals surface area contributed by atoms with E-state index in [2.05, 4.69) is 33.5 Å². The first kappa shape index (κ1) is 13.8. The van der Waals surface area contributed by atoms with Crippen LogP contribution in [0.5, 0.6) is 0 Å². The predicted octanol–water partition coefficient (Wildman–Crippen LogP) is 2.48. The van der Waals surface area contributed by atoms with Crippen LogP contribution in [0.4, 0.5) is 0 Å². The van der Waals surface area contributed by atoms with Crippen molar-refractivity contribution in [3.8, 4) is 0 Å². The average Bonchev–Trinajstić information content (AvgIpc) is 3.14. The Bertz CT molecular complexity index is 661. The summed E-state index contributed by atoms with van der Waals surface area (Å²) in [7, 11) is 4.21. The van der Waals surface area contributed by atoms with E-state index in [1.807, 2.05) is 11.7 Å². The first-order chi connectivity index (χ1) is 9.61. The van der Waals surface area contributed by atoms with Crippen molar-refractivity contribution in [3.63, 3.8) is 0 Å². The monoisotopic (exact) mass is 293 g/mol. The minimum atomic E-state index is 0.792. The molecule has 6 heteroatoms. The van der Waals surface area contributed by atoms with Crippen molar-refractivity contribution in [3.05, 3.63) is 10.5 Å². The number of hydrogen-bond donors (Lipinski definition) is 1. The Balaban J connectivity index is 1.89. The normalized spacial score (nSPS) is 15.6. The summed E-state index contributed by atoms with van der Waals surface area (Å²) in [6.07, 6.45) is 4.78. The third-order valence-electron chi connectivity index (χ3n) is 4.16. The summed E-state index contributed by atoms with van der Waals surface area (Å²) in [5, 5.41) is 4.62. The van der Waals surface area contributed by atoms with Crippen LogP contribution in [0.3, 0.4) is 0 Å². The molecular formula is C14H23N5S. The third-order valence-corrected chi connectivity index (χ3v) is 4.48. The number of aromatic amines is 1. The number of nitrogens with one attached hydrogen (secondary N) is 1. The molecule has 0 atom stereocenters. The fourth-order valence-electron chi connectivity index (χ4n) is 2.85. The second-order valence-electron chi connectivity index (χ2n) is 5.81. The molecule has 1 aliphatic rings. The van der Waals surface area contributed by atoms with Crippen molar-refractivity contribution in [1.29, 1.82) is 0 Å². The number of imidazole rings is 1. The smallest absolute Gasteiger partial charge is 0.179 e. The van der Waals surface area contributed by atoms with E-state index in [1.54, 1.807) is 0 Å². The van der Waals surface area contributed by atoms with Gasteiger partial charge in [0.05, 0.1) is 5.69 Å². The Morgan fingerprint density at radius 1 is 1.45 bits per heavy atom. The van der Waals surface area contributed by atoms with Crippen molar-refractivity contribution in [2.75, 3.05) is 13.6 Å². The molecule has 3 rings (SSSR count). The molecule has 0 spiro atoms. The van der Waals surface area contributed by atoms with Crippen molar-refractivity contribution >= 4 is 23.4 Å². The summed E-state index contributed by atoms with van der Waals surface area (Å²) in [5.41, 5.74) is 3.38. The van der Waals surface area contributed by atoms with Gasteiger partial charge in [-0.15, -0.1) is 0 Å². The van der Waals surface area contributed by atoms with E-state index in [9.17, 15) is 0 Å². The lowest BCUT2D eigenvalue weighted by Crippen LogP contribution is -2.25. The summed E-state index contributed by atoms with van der Waals surface area (Å²) in [6, 6.07) is 0.792. The number of hydrogen-bond acceptors (Lipinski definition) is 3. The topological polar surface area (TPSA) is 41.8 Å². The van der Waals surface area contributed by atoms with E-state index in [-0.39, 0.29) is 0 Å². The van der Waals surface area contributed by atoms with Gasteiger partial charge in [0.25, 0.3) is 0 Å². The molecule has 1 saturated carbocycles. The van der Waals surface area contributed by atoms with Crippen molar-refractivity contribution in [2.24, 2.45) is 7.05 Å². The van der Waals surface area contributed by atoms with Crippen LogP contribution in [0.1, 0.15) is 31.9 Å². The van der Waals surface area contributed by atoms with Gasteiger partial charge in [0.1, 0.15) is 5.52 Å². The molecule has 1 aliphatic carbocycles. The van der Waals surface area contributed by atoms with E-state index in [1.165, 1.54) is 12.8 Å². The van der Waals surface area contributed by atoms with Crippen molar-refractivity contribution in [1.82, 2.24) is 24.2 Å². The summed E-state index contributed by atoms with van der Waals surface area (Å²) in [4.78, 5) is 5.78. The van der Waals surface area contributed by atoms with Gasteiger partial charge in [-0.2, -0.15) is 5.10 Å². The Kier molecular flexibility index (Phi) is 3.69. The van der Waals surface area contributed by atoms with Crippen LogP contribution < -0.4 is 0 Å². The molecule has 110 valence electrons. The molecule has 1 N–H and O–H groups in total. The van der Waals surface area contributed by atoms with Gasteiger partial charge in [0.15, 0.2) is 10.4 Å². The van der Waals surface area contributed by atoms with E-state index in [4.69, 9.17) is 12.2 Å². The second-order valence-corrected chi connectivity index (χ2v) is 6.20. The van der Waals surface area contributed by atoms with Crippen LogP contribution in [-0.4, -0.2) is 43.9 Å². The molecular weight excluding hydrogens is 270 g/mol. The Morgan fingerprint density at radius 2 is 2.20 bits per heavy atom. The molecule has 2 aromatic rings. The summed E-state index contributed by atoms with van der Waals surface area (Å²) < 4.78 is 4.97. The highest BCUT2D eigenvalue weighted by Gasteiger charge is 2.26. The lowest BCUT2D eigenvalue weighted by atomic mass is 10.2. The zero-order valence-electron chi connectivity index (χ0n) is 12.5. The second kappa shape index (κ2) is 5.33. The zero-order chi connectivity index (χ0) is 14.3. The Hall–Kier alpha value is -1.14. The molecule has 0 aromatic carbocycles. The third kappa shape index (κ3) is 2.42. The predicted molar refractivity (Wildman–Crippen MR) is 83.5 cm³/mol. The summed E-state index contributed by atoms with van der Waals surface area (Å²) >= 11 is 5.49. The molecule has 20 heavy (non-hydrogen) atoms. The van der Waals surface area contributed by atoms with E-state index >= 15 is 0 Å². The quantitative estimate of drug-likeness (QED) is 0.832. The van der Waals surface area contributed by atoms with Gasteiger partial charge in [-0.3, -0.25) is 4.68 Å². The average molecular weight is 293 g/mol. The highest BCUT2D eigenvalue weighted by molar-refractivity contribution is 7.71. The maximum atomic E-state index is 5.49. The van der Waals surface area contributed by atoms with E-state index in [0.717, 1.165) is 53.6 Å². The van der Waals surface area contributed by atoms with Crippen LogP contribution in [-0.2, 0) is 20.0 Å². The van der Waals surface area contributed by atoms with Crippen LogP contribution >= 0.6 is 12.2 Å². The Morgan fingerprint density at radius 3 is 2.85 bits per heavy atom. The van der Waals surface area contributed by atoms with Crippen LogP contribution in [0.2, 0.25) is 0 Å². The molecule has 0 aliphatic heterocycles. The molecule has 0 saturated heterocycles. The van der Waals surface area contributed by atoms with Crippen LogP contribution in [0, 0.1) is 4.77 Å². The maximum Gasteiger partial charge on any atom is 0.179 e. The van der Waals surface area contributed by atoms with Gasteiger partial charge in [-0.25, -0.2) is 0 Å². The SMILES string of the molecule is CCCc1nn(C)c2c1[nH]c(=S)n2CCN(C)C1CC1. The highest BCUT2D eigenvalue weighted by Crippen LogP contribution is 2.25. The highest BCUT2D eigenvalue weighted by atomic mass is 32.1. The molecule has 5 nitrogen and oxygen atoms in total. The van der Waals surface area contributed by atoms with Gasteiger partial charge in [-0.05, 0) is 38.5 Å². The lowest BCUT2D eigenvalue weighted by Gasteiger charge is -2.15. The summed E-state index contributed by atoms with van der Waals surface area (Å²) in [6.45, 7) is 4.15. The lowest BCUT2D eigenvalue weighted by molar-refractivity contribution is 0.309. The fourth-order valence-corrected chi connectivity index (χ4v) is 3.13. The number of H-pyrrole nitrogens is 1. The number of aromatic nitrogens is 4. The van der Waals surface area contributed by atoms with Crippen LogP contribution in [0.25, 0.3) is 11.2 Å². The number of fused-ring (bicyclic) bond motifs is 1. The summed E-state index contributed by atoms with van der Waals surface area (Å²) in [5.74, 6) is 0. The first-order valence-corrected chi connectivity index (χ1v) is 7.87. The molecule has 2 aromatic heterocycles. The van der Waals surface area contributed by atoms with Gasteiger partial charge in [-0.1, -0.05) is 13.3 Å². The fraction of sp³-hybridized carbons (Fsp3) is 0.714. The number of rotatable bonds is 6. The van der Waals surface area contributed by atoms with Gasteiger partial charge in [0, 0.05) is 26.2 Å². The van der Waals surface area contributed by atoms with Gasteiger partial charge >= 0.3 is 0 Å². The van der Waals surface area contributed by atoms with E-state index < -0.39 is 0 Å². The van der Waals surface area contributed by atoms with Crippen molar-refractivity contribution < 1.29 is 0 Å². The van der Waals surface area contributed by atoms with Gasteiger partial charge < -0.3 is 14.5 Å². The molecule has 0 amide bonds. The first-order valence-electron chi connectivity index (χ1n) is 7.46. The standard InChI is InChI=1S/C14H23N5S/c1-4-5-11-12-13(18(3)16-11)19(14(20)15-12)9-8-17(2)10-6-7-10/h10H,4-9H2,1-3H3,(H,15,20). The number of nitrogens with zero attached hydrogens (tertiary/aromatic N) is 4. The molecule has 2 heterocycles. The Labute approximate surface area is 124 Å².